The van der Waals surface area contributed by atoms with Gasteiger partial charge in [0.2, 0.25) is 5.91 Å². The van der Waals surface area contributed by atoms with E-state index in [-0.39, 0.29) is 17.7 Å². The first kappa shape index (κ1) is 16.3. The van der Waals surface area contributed by atoms with Crippen molar-refractivity contribution >= 4 is 28.3 Å². The van der Waals surface area contributed by atoms with Crippen LogP contribution in [0.1, 0.15) is 25.0 Å². The van der Waals surface area contributed by atoms with Gasteiger partial charge in [-0.2, -0.15) is 0 Å². The smallest absolute Gasteiger partial charge is 0.307 e. The number of aromatic nitrogens is 1. The maximum Gasteiger partial charge on any atom is 0.307 e. The summed E-state index contributed by atoms with van der Waals surface area (Å²) in [7, 11) is 0. The lowest BCUT2D eigenvalue weighted by molar-refractivity contribution is -0.148. The fourth-order valence-electron chi connectivity index (χ4n) is 4.52. The van der Waals surface area contributed by atoms with E-state index < -0.39 is 17.8 Å². The van der Waals surface area contributed by atoms with E-state index in [2.05, 4.69) is 10.3 Å². The molecule has 2 bridgehead atoms. The Kier molecular flexibility index (Phi) is 4.07. The second-order valence-corrected chi connectivity index (χ2v) is 8.01. The summed E-state index contributed by atoms with van der Waals surface area (Å²) in [5.74, 6) is -1.66. The number of thiazole rings is 1. The third-order valence-electron chi connectivity index (χ3n) is 5.57. The third kappa shape index (κ3) is 2.84. The Morgan fingerprint density at radius 3 is 2.52 bits per heavy atom. The van der Waals surface area contributed by atoms with Gasteiger partial charge in [-0.05, 0) is 43.6 Å². The molecule has 1 aromatic heterocycles. The van der Waals surface area contributed by atoms with Gasteiger partial charge in [-0.25, -0.2) is 4.98 Å². The Labute approximate surface area is 150 Å². The third-order valence-corrected chi connectivity index (χ3v) is 6.69. The van der Waals surface area contributed by atoms with Gasteiger partial charge in [0.05, 0.1) is 22.4 Å². The molecule has 2 aromatic rings. The normalized spacial score (nSPS) is 27.4. The highest BCUT2D eigenvalue weighted by Crippen LogP contribution is 2.52. The number of carbonyl (C=O) groups is 2. The molecule has 25 heavy (non-hydrogen) atoms. The number of aliphatic carboxylic acids is 1. The van der Waals surface area contributed by atoms with Crippen LogP contribution in [0.4, 0.5) is 5.13 Å². The van der Waals surface area contributed by atoms with E-state index >= 15 is 0 Å². The predicted octanol–water partition coefficient (Wildman–Crippen LogP) is 3.80. The van der Waals surface area contributed by atoms with E-state index in [1.165, 1.54) is 11.3 Å². The number of rotatable bonds is 4. The molecular formula is C19H20N2O3S. The van der Waals surface area contributed by atoms with Crippen molar-refractivity contribution in [1.29, 1.82) is 0 Å². The molecule has 0 radical (unpaired) electrons. The van der Waals surface area contributed by atoms with Crippen molar-refractivity contribution in [2.75, 3.05) is 5.32 Å². The van der Waals surface area contributed by atoms with Crippen LogP contribution in [0.15, 0.2) is 30.3 Å². The Bertz CT molecular complexity index is 817. The van der Waals surface area contributed by atoms with E-state index in [4.69, 9.17) is 0 Å². The van der Waals surface area contributed by atoms with Crippen molar-refractivity contribution in [2.24, 2.45) is 23.7 Å². The molecule has 0 unspecified atom stereocenters. The quantitative estimate of drug-likeness (QED) is 0.873. The summed E-state index contributed by atoms with van der Waals surface area (Å²) in [6.45, 7) is 1.92. The van der Waals surface area contributed by atoms with Crippen molar-refractivity contribution in [2.45, 2.75) is 26.2 Å². The lowest BCUT2D eigenvalue weighted by atomic mass is 9.79. The van der Waals surface area contributed by atoms with Gasteiger partial charge >= 0.3 is 5.97 Å². The highest BCUT2D eigenvalue weighted by Gasteiger charge is 2.54. The molecule has 2 N–H and O–H groups in total. The summed E-state index contributed by atoms with van der Waals surface area (Å²) >= 11 is 1.44. The van der Waals surface area contributed by atoms with Gasteiger partial charge in [0.25, 0.3) is 0 Å². The molecule has 4 rings (SSSR count). The molecule has 2 fully saturated rings. The van der Waals surface area contributed by atoms with Crippen molar-refractivity contribution in [3.63, 3.8) is 0 Å². The second kappa shape index (κ2) is 6.26. The molecule has 0 saturated heterocycles. The highest BCUT2D eigenvalue weighted by molar-refractivity contribution is 7.19. The van der Waals surface area contributed by atoms with Gasteiger partial charge in [-0.1, -0.05) is 41.7 Å². The first-order chi connectivity index (χ1) is 12.0. The van der Waals surface area contributed by atoms with Crippen LogP contribution >= 0.6 is 11.3 Å². The molecule has 1 aromatic carbocycles. The van der Waals surface area contributed by atoms with Gasteiger partial charge < -0.3 is 10.4 Å². The van der Waals surface area contributed by atoms with E-state index in [0.29, 0.717) is 5.13 Å². The number of nitrogens with zero attached hydrogens (tertiary/aromatic N) is 1. The van der Waals surface area contributed by atoms with E-state index in [1.54, 1.807) is 0 Å². The van der Waals surface area contributed by atoms with E-state index in [0.717, 1.165) is 35.4 Å². The number of nitrogens with one attached hydrogen (secondary N) is 1. The zero-order valence-corrected chi connectivity index (χ0v) is 14.8. The Morgan fingerprint density at radius 2 is 1.84 bits per heavy atom. The number of carboxylic acids is 1. The molecule has 0 aliphatic heterocycles. The molecule has 2 aliphatic carbocycles. The second-order valence-electron chi connectivity index (χ2n) is 7.01. The van der Waals surface area contributed by atoms with Crippen molar-refractivity contribution < 1.29 is 14.7 Å². The summed E-state index contributed by atoms with van der Waals surface area (Å²) in [6, 6.07) is 9.94. The zero-order chi connectivity index (χ0) is 17.6. The summed E-state index contributed by atoms with van der Waals surface area (Å²) in [6.07, 6.45) is 2.75. The van der Waals surface area contributed by atoms with Crippen LogP contribution in [-0.2, 0) is 9.59 Å². The molecule has 6 heteroatoms. The molecule has 2 saturated carbocycles. The van der Waals surface area contributed by atoms with Gasteiger partial charge in [0, 0.05) is 0 Å². The largest absolute Gasteiger partial charge is 0.481 e. The summed E-state index contributed by atoms with van der Waals surface area (Å²) in [4.78, 5) is 29.9. The number of hydrogen-bond acceptors (Lipinski definition) is 4. The monoisotopic (exact) mass is 356 g/mol. The number of amides is 1. The molecule has 5 nitrogen and oxygen atoms in total. The molecule has 0 spiro atoms. The van der Waals surface area contributed by atoms with E-state index in [9.17, 15) is 14.7 Å². The van der Waals surface area contributed by atoms with Crippen LogP contribution in [0, 0.1) is 30.6 Å². The Balaban J connectivity index is 1.55. The lowest BCUT2D eigenvalue weighted by Crippen LogP contribution is -2.37. The van der Waals surface area contributed by atoms with Crippen LogP contribution < -0.4 is 5.32 Å². The number of benzene rings is 1. The molecule has 2 aliphatic rings. The number of hydrogen-bond donors (Lipinski definition) is 2. The van der Waals surface area contributed by atoms with Crippen molar-refractivity contribution in [3.05, 3.63) is 36.0 Å². The Morgan fingerprint density at radius 1 is 1.16 bits per heavy atom. The van der Waals surface area contributed by atoms with E-state index in [1.807, 2.05) is 37.3 Å². The summed E-state index contributed by atoms with van der Waals surface area (Å²) in [5, 5.41) is 13.0. The average molecular weight is 356 g/mol. The molecular weight excluding hydrogens is 336 g/mol. The maximum absolute atomic E-state index is 12.8. The van der Waals surface area contributed by atoms with Crippen molar-refractivity contribution in [1.82, 2.24) is 4.98 Å². The first-order valence-corrected chi connectivity index (χ1v) is 9.42. The summed E-state index contributed by atoms with van der Waals surface area (Å²) < 4.78 is 0. The van der Waals surface area contributed by atoms with Gasteiger partial charge in [0.15, 0.2) is 5.13 Å². The van der Waals surface area contributed by atoms with Crippen molar-refractivity contribution in [3.8, 4) is 10.4 Å². The minimum absolute atomic E-state index is 0.149. The van der Waals surface area contributed by atoms with Crippen LogP contribution in [0.5, 0.6) is 0 Å². The number of carboxylic acid groups (broad SMARTS) is 1. The maximum atomic E-state index is 12.8. The average Bonchev–Trinajstić information content (AvgIpc) is 3.29. The number of anilines is 1. The van der Waals surface area contributed by atoms with Gasteiger partial charge in [-0.15, -0.1) is 0 Å². The minimum atomic E-state index is -0.840. The fraction of sp³-hybridized carbons (Fsp3) is 0.421. The predicted molar refractivity (Wildman–Crippen MR) is 96.4 cm³/mol. The number of carbonyl (C=O) groups excluding carboxylic acids is 1. The number of fused-ring (bicyclic) bond motifs is 2. The van der Waals surface area contributed by atoms with Crippen LogP contribution in [-0.4, -0.2) is 22.0 Å². The van der Waals surface area contributed by atoms with Gasteiger partial charge in [-0.3, -0.25) is 9.59 Å². The lowest BCUT2D eigenvalue weighted by Gasteiger charge is -2.26. The fourth-order valence-corrected chi connectivity index (χ4v) is 5.49. The topological polar surface area (TPSA) is 79.3 Å². The highest BCUT2D eigenvalue weighted by atomic mass is 32.1. The number of aryl methyl sites for hydroxylation is 1. The van der Waals surface area contributed by atoms with Crippen LogP contribution in [0.3, 0.4) is 0 Å². The molecule has 1 amide bonds. The summed E-state index contributed by atoms with van der Waals surface area (Å²) in [5.41, 5.74) is 1.94. The molecule has 4 atom stereocenters. The molecule has 1 heterocycles. The SMILES string of the molecule is Cc1nc(NC(=O)[C@@H]2[C@H]3CC[C@@H](C3)[C@H]2C(=O)O)sc1-c1ccccc1. The minimum Gasteiger partial charge on any atom is -0.481 e. The van der Waals surface area contributed by atoms with Crippen LogP contribution in [0.2, 0.25) is 0 Å². The Hall–Kier alpha value is -2.21. The standard InChI is InChI=1S/C19H20N2O3S/c1-10-16(11-5-3-2-4-6-11)25-19(20-10)21-17(22)14-12-7-8-13(9-12)15(14)18(23)24/h2-6,12-15H,7-9H2,1H3,(H,23,24)(H,20,21,22)/t12-,13-,14+,15+/m0/s1. The zero-order valence-electron chi connectivity index (χ0n) is 13.9. The molecule has 130 valence electrons. The van der Waals surface area contributed by atoms with Gasteiger partial charge in [0.1, 0.15) is 0 Å². The first-order valence-electron chi connectivity index (χ1n) is 8.61. The van der Waals surface area contributed by atoms with Crippen LogP contribution in [0.25, 0.3) is 10.4 Å².